The number of alkyl halides is 2. The Labute approximate surface area is 210 Å². The van der Waals surface area contributed by atoms with Gasteiger partial charge in [-0.05, 0) is 44.0 Å². The number of nitrogens with zero attached hydrogens (tertiary/aromatic N) is 4. The van der Waals surface area contributed by atoms with E-state index in [0.29, 0.717) is 39.8 Å². The molecular formula is C26H22F3N4O3P. The highest BCUT2D eigenvalue weighted by Crippen LogP contribution is 2.53. The number of carbonyl (C=O) groups excluding carboxylic acids is 1. The Morgan fingerprint density at radius 1 is 1.14 bits per heavy atom. The molecule has 2 aliphatic rings. The fourth-order valence-electron chi connectivity index (χ4n) is 5.47. The molecule has 3 aromatic heterocycles. The number of carbonyl (C=O) groups is 1. The average Bonchev–Trinajstić information content (AvgIpc) is 3.35. The van der Waals surface area contributed by atoms with E-state index < -0.39 is 31.5 Å². The summed E-state index contributed by atoms with van der Waals surface area (Å²) in [4.78, 5) is 19.1. The molecule has 190 valence electrons. The van der Waals surface area contributed by atoms with Gasteiger partial charge in [-0.15, -0.1) is 0 Å². The fraction of sp³-hybridized carbons (Fsp3) is 0.269. The number of benzene rings is 1. The summed E-state index contributed by atoms with van der Waals surface area (Å²) in [5, 5.41) is 4.61. The monoisotopic (exact) mass is 526 g/mol. The van der Waals surface area contributed by atoms with E-state index in [1.807, 2.05) is 0 Å². The average molecular weight is 526 g/mol. The number of pyridine rings is 2. The first kappa shape index (κ1) is 23.7. The van der Waals surface area contributed by atoms with Crippen LogP contribution in [0.15, 0.2) is 48.8 Å². The predicted octanol–water partition coefficient (Wildman–Crippen LogP) is 5.05. The third-order valence-corrected chi connectivity index (χ3v) is 8.54. The second-order valence-corrected chi connectivity index (χ2v) is 12.9. The molecule has 7 nitrogen and oxygen atoms in total. The van der Waals surface area contributed by atoms with Crippen LogP contribution in [0.3, 0.4) is 0 Å². The van der Waals surface area contributed by atoms with E-state index >= 15 is 4.39 Å². The second-order valence-electron chi connectivity index (χ2n) is 9.74. The van der Waals surface area contributed by atoms with Crippen LogP contribution < -0.4 is 10.2 Å². The van der Waals surface area contributed by atoms with Gasteiger partial charge in [0.1, 0.15) is 18.7 Å². The van der Waals surface area contributed by atoms with Gasteiger partial charge in [0.05, 0.1) is 28.9 Å². The van der Waals surface area contributed by atoms with Crippen LogP contribution in [0, 0.1) is 5.82 Å². The molecule has 4 aromatic rings. The molecule has 0 fully saturated rings. The molecular weight excluding hydrogens is 504 g/mol. The number of hydrogen-bond donors (Lipinski definition) is 0. The lowest BCUT2D eigenvalue weighted by molar-refractivity contribution is -0.0505. The summed E-state index contributed by atoms with van der Waals surface area (Å²) in [5.74, 6) is -1.36. The summed E-state index contributed by atoms with van der Waals surface area (Å²) in [7, 11) is -0.920. The SMILES string of the molecule is CN1C(=O)c2cccc(OC(F)F)c2[C@H]2C[C@@H]1c1nn3cc(F)c(-c4ccc(P(C)(C)=O)nc4)cc3c12. The van der Waals surface area contributed by atoms with Crippen LogP contribution in [0.2, 0.25) is 0 Å². The Kier molecular flexibility index (Phi) is 5.25. The number of fused-ring (bicyclic) bond motifs is 9. The van der Waals surface area contributed by atoms with Crippen LogP contribution in [0.25, 0.3) is 16.6 Å². The maximum Gasteiger partial charge on any atom is 0.387 e. The van der Waals surface area contributed by atoms with Crippen molar-refractivity contribution in [3.63, 3.8) is 0 Å². The van der Waals surface area contributed by atoms with E-state index in [1.54, 1.807) is 49.5 Å². The lowest BCUT2D eigenvalue weighted by atomic mass is 9.88. The molecule has 2 bridgehead atoms. The minimum absolute atomic E-state index is 0.0576. The molecule has 4 heterocycles. The highest BCUT2D eigenvalue weighted by Gasteiger charge is 2.46. The van der Waals surface area contributed by atoms with E-state index in [2.05, 4.69) is 10.1 Å². The summed E-state index contributed by atoms with van der Waals surface area (Å²) >= 11 is 0. The molecule has 37 heavy (non-hydrogen) atoms. The standard InChI is InChI=1S/C26H22F3N4O3P/c1-32-19-10-16(22-14(25(32)34)5-4-6-20(22)36-26(28)29)23-18-9-15(17(27)12-33(18)31-24(19)23)13-7-8-21(30-11-13)37(2,3)35/h4-9,11-12,16,19,26H,10H2,1-3H3/t16-,19-/m1/s1. The molecule has 0 radical (unpaired) electrons. The molecule has 0 saturated carbocycles. The lowest BCUT2D eigenvalue weighted by Gasteiger charge is -2.23. The van der Waals surface area contributed by atoms with Gasteiger partial charge in [-0.3, -0.25) is 9.78 Å². The van der Waals surface area contributed by atoms with Gasteiger partial charge in [0.15, 0.2) is 0 Å². The Bertz CT molecular complexity index is 1630. The quantitative estimate of drug-likeness (QED) is 0.348. The number of hydrogen-bond acceptors (Lipinski definition) is 5. The molecule has 11 heteroatoms. The second kappa shape index (κ2) is 8.18. The minimum atomic E-state index is -3.05. The highest BCUT2D eigenvalue weighted by atomic mass is 31.2. The van der Waals surface area contributed by atoms with Crippen LogP contribution in [-0.2, 0) is 4.57 Å². The van der Waals surface area contributed by atoms with Crippen LogP contribution in [0.5, 0.6) is 5.75 Å². The zero-order valence-corrected chi connectivity index (χ0v) is 21.0. The Balaban J connectivity index is 1.56. The largest absolute Gasteiger partial charge is 0.434 e. The smallest absolute Gasteiger partial charge is 0.387 e. The van der Waals surface area contributed by atoms with Gasteiger partial charge >= 0.3 is 6.61 Å². The normalized spacial score (nSPS) is 18.8. The van der Waals surface area contributed by atoms with Gasteiger partial charge in [0.2, 0.25) is 0 Å². The Morgan fingerprint density at radius 3 is 2.59 bits per heavy atom. The van der Waals surface area contributed by atoms with Crippen molar-refractivity contribution >= 4 is 24.0 Å². The van der Waals surface area contributed by atoms with E-state index in [9.17, 15) is 18.1 Å². The molecule has 1 aliphatic heterocycles. The summed E-state index contributed by atoms with van der Waals surface area (Å²) in [5.41, 5.74) is 3.84. The fourth-order valence-corrected chi connectivity index (χ4v) is 6.24. The lowest BCUT2D eigenvalue weighted by Crippen LogP contribution is -2.30. The third-order valence-electron chi connectivity index (χ3n) is 7.17. The first-order valence-electron chi connectivity index (χ1n) is 11.6. The number of halogens is 3. The van der Waals surface area contributed by atoms with Crippen LogP contribution >= 0.6 is 7.14 Å². The molecule has 0 unspecified atom stereocenters. The van der Waals surface area contributed by atoms with Gasteiger partial charge in [-0.25, -0.2) is 8.91 Å². The molecule has 0 spiro atoms. The molecule has 2 atom stereocenters. The molecule has 0 N–H and O–H groups in total. The van der Waals surface area contributed by atoms with Crippen molar-refractivity contribution in [2.24, 2.45) is 0 Å². The van der Waals surface area contributed by atoms with Crippen molar-refractivity contribution in [1.29, 1.82) is 0 Å². The minimum Gasteiger partial charge on any atom is -0.434 e. The summed E-state index contributed by atoms with van der Waals surface area (Å²) < 4.78 is 60.4. The summed E-state index contributed by atoms with van der Waals surface area (Å²) in [6, 6.07) is 9.11. The van der Waals surface area contributed by atoms with Gasteiger partial charge in [-0.2, -0.15) is 13.9 Å². The van der Waals surface area contributed by atoms with Crippen molar-refractivity contribution in [2.45, 2.75) is 25.0 Å². The van der Waals surface area contributed by atoms with Gasteiger partial charge in [-0.1, -0.05) is 12.1 Å². The Hall–Kier alpha value is -3.65. The molecule has 1 aromatic carbocycles. The maximum atomic E-state index is 15.2. The van der Waals surface area contributed by atoms with Crippen LogP contribution in [0.4, 0.5) is 13.2 Å². The van der Waals surface area contributed by atoms with Gasteiger partial charge in [0, 0.05) is 47.0 Å². The maximum absolute atomic E-state index is 15.2. The van der Waals surface area contributed by atoms with Crippen molar-refractivity contribution in [1.82, 2.24) is 19.5 Å². The Morgan fingerprint density at radius 2 is 1.92 bits per heavy atom. The van der Waals surface area contributed by atoms with E-state index in [4.69, 9.17) is 4.74 Å². The van der Waals surface area contributed by atoms with Crippen LogP contribution in [-0.4, -0.2) is 52.4 Å². The van der Waals surface area contributed by atoms with Crippen molar-refractivity contribution in [3.05, 3.63) is 77.0 Å². The van der Waals surface area contributed by atoms with Crippen LogP contribution in [0.1, 0.15) is 45.6 Å². The van der Waals surface area contributed by atoms with E-state index in [1.165, 1.54) is 29.0 Å². The number of rotatable bonds is 4. The van der Waals surface area contributed by atoms with Gasteiger partial charge < -0.3 is 14.2 Å². The molecule has 0 saturated heterocycles. The highest BCUT2D eigenvalue weighted by molar-refractivity contribution is 7.69. The third kappa shape index (κ3) is 3.65. The van der Waals surface area contributed by atoms with E-state index in [0.717, 1.165) is 5.56 Å². The molecule has 1 aliphatic carbocycles. The first-order valence-corrected chi connectivity index (χ1v) is 14.2. The number of ether oxygens (including phenoxy) is 1. The zero-order chi connectivity index (χ0) is 26.2. The zero-order valence-electron chi connectivity index (χ0n) is 20.2. The predicted molar refractivity (Wildman–Crippen MR) is 132 cm³/mol. The summed E-state index contributed by atoms with van der Waals surface area (Å²) in [6.45, 7) is 0.174. The molecule has 6 rings (SSSR count). The number of amides is 1. The first-order chi connectivity index (χ1) is 17.5. The van der Waals surface area contributed by atoms with Gasteiger partial charge in [0.25, 0.3) is 5.91 Å². The van der Waals surface area contributed by atoms with Crippen molar-refractivity contribution in [3.8, 4) is 16.9 Å². The molecule has 1 amide bonds. The van der Waals surface area contributed by atoms with Crippen molar-refractivity contribution < 1.29 is 27.3 Å². The number of aromatic nitrogens is 3. The topological polar surface area (TPSA) is 76.8 Å². The van der Waals surface area contributed by atoms with E-state index in [-0.39, 0.29) is 17.2 Å². The van der Waals surface area contributed by atoms with Crippen molar-refractivity contribution in [2.75, 3.05) is 20.4 Å². The summed E-state index contributed by atoms with van der Waals surface area (Å²) in [6.07, 6.45) is 3.19.